The van der Waals surface area contributed by atoms with Gasteiger partial charge < -0.3 is 14.8 Å². The normalized spacial score (nSPS) is 18.1. The SMILES string of the molecule is O=C(O)c1cccc(-c2cn3c(n2)CCCC3O)c1. The Morgan fingerprint density at radius 2 is 2.26 bits per heavy atom. The van der Waals surface area contributed by atoms with Crippen LogP contribution >= 0.6 is 0 Å². The van der Waals surface area contributed by atoms with Crippen molar-refractivity contribution in [2.24, 2.45) is 0 Å². The molecule has 0 amide bonds. The molecule has 2 N–H and O–H groups in total. The van der Waals surface area contributed by atoms with Crippen LogP contribution < -0.4 is 0 Å². The van der Waals surface area contributed by atoms with E-state index in [1.165, 1.54) is 0 Å². The van der Waals surface area contributed by atoms with Crippen molar-refractivity contribution >= 4 is 5.97 Å². The van der Waals surface area contributed by atoms with Gasteiger partial charge in [0.05, 0.1) is 11.3 Å². The van der Waals surface area contributed by atoms with E-state index in [0.717, 1.165) is 30.7 Å². The molecule has 5 heteroatoms. The third kappa shape index (κ3) is 2.13. The number of aryl methyl sites for hydroxylation is 1. The Morgan fingerprint density at radius 3 is 3.00 bits per heavy atom. The average Bonchev–Trinajstić information content (AvgIpc) is 2.84. The highest BCUT2D eigenvalue weighted by atomic mass is 16.4. The summed E-state index contributed by atoms with van der Waals surface area (Å²) in [6.45, 7) is 0. The number of imidazole rings is 1. The molecular weight excluding hydrogens is 244 g/mol. The molecule has 0 aliphatic carbocycles. The lowest BCUT2D eigenvalue weighted by atomic mass is 10.1. The number of aliphatic hydroxyl groups excluding tert-OH is 1. The molecule has 0 bridgehead atoms. The van der Waals surface area contributed by atoms with Gasteiger partial charge >= 0.3 is 5.97 Å². The van der Waals surface area contributed by atoms with Crippen molar-refractivity contribution in [1.29, 1.82) is 0 Å². The second-order valence-corrected chi connectivity index (χ2v) is 4.71. The van der Waals surface area contributed by atoms with E-state index in [2.05, 4.69) is 4.98 Å². The van der Waals surface area contributed by atoms with Gasteiger partial charge in [0.1, 0.15) is 12.1 Å². The summed E-state index contributed by atoms with van der Waals surface area (Å²) in [4.78, 5) is 15.4. The zero-order valence-corrected chi connectivity index (χ0v) is 10.3. The molecule has 2 aromatic rings. The van der Waals surface area contributed by atoms with E-state index in [1.807, 2.05) is 6.07 Å². The summed E-state index contributed by atoms with van der Waals surface area (Å²) in [7, 11) is 0. The lowest BCUT2D eigenvalue weighted by Crippen LogP contribution is -2.16. The van der Waals surface area contributed by atoms with E-state index in [4.69, 9.17) is 5.11 Å². The minimum Gasteiger partial charge on any atom is -0.478 e. The van der Waals surface area contributed by atoms with Crippen molar-refractivity contribution in [2.45, 2.75) is 25.5 Å². The van der Waals surface area contributed by atoms with Crippen molar-refractivity contribution in [3.8, 4) is 11.3 Å². The topological polar surface area (TPSA) is 75.3 Å². The van der Waals surface area contributed by atoms with Gasteiger partial charge in [0.2, 0.25) is 0 Å². The van der Waals surface area contributed by atoms with E-state index < -0.39 is 12.2 Å². The first-order valence-electron chi connectivity index (χ1n) is 6.24. The minimum absolute atomic E-state index is 0.240. The van der Waals surface area contributed by atoms with Gasteiger partial charge in [-0.15, -0.1) is 0 Å². The first-order chi connectivity index (χ1) is 9.15. The minimum atomic E-state index is -0.953. The Labute approximate surface area is 110 Å². The molecule has 1 aliphatic heterocycles. The average molecular weight is 258 g/mol. The molecule has 5 nitrogen and oxygen atoms in total. The predicted octanol–water partition coefficient (Wildman–Crippen LogP) is 2.08. The molecule has 19 heavy (non-hydrogen) atoms. The molecule has 1 unspecified atom stereocenters. The fourth-order valence-electron chi connectivity index (χ4n) is 2.41. The standard InChI is InChI=1S/C14H14N2O3/c17-13-6-2-5-12-15-11(8-16(12)13)9-3-1-4-10(7-9)14(18)19/h1,3-4,7-8,13,17H,2,5-6H2,(H,18,19). The van der Waals surface area contributed by atoms with Crippen LogP contribution in [0, 0.1) is 0 Å². The maximum atomic E-state index is 11.0. The van der Waals surface area contributed by atoms with Gasteiger partial charge in [-0.1, -0.05) is 12.1 Å². The van der Waals surface area contributed by atoms with Crippen molar-refractivity contribution in [1.82, 2.24) is 9.55 Å². The molecule has 1 aliphatic rings. The Balaban J connectivity index is 2.03. The summed E-state index contributed by atoms with van der Waals surface area (Å²) in [6, 6.07) is 6.68. The van der Waals surface area contributed by atoms with E-state index in [1.54, 1.807) is 29.0 Å². The molecule has 0 saturated heterocycles. The number of carboxylic acids is 1. The molecule has 3 rings (SSSR count). The highest BCUT2D eigenvalue weighted by molar-refractivity contribution is 5.89. The maximum absolute atomic E-state index is 11.0. The lowest BCUT2D eigenvalue weighted by molar-refractivity contribution is 0.0696. The molecule has 98 valence electrons. The third-order valence-electron chi connectivity index (χ3n) is 3.40. The van der Waals surface area contributed by atoms with Crippen molar-refractivity contribution in [3.05, 3.63) is 41.9 Å². The monoisotopic (exact) mass is 258 g/mol. The lowest BCUT2D eigenvalue weighted by Gasteiger charge is -2.19. The molecule has 0 fully saturated rings. The molecule has 1 atom stereocenters. The van der Waals surface area contributed by atoms with Crippen molar-refractivity contribution in [2.75, 3.05) is 0 Å². The number of aromatic carboxylic acids is 1. The molecule has 1 aromatic carbocycles. The van der Waals surface area contributed by atoms with Crippen LogP contribution in [0.5, 0.6) is 0 Å². The zero-order chi connectivity index (χ0) is 13.4. The van der Waals surface area contributed by atoms with Crippen molar-refractivity contribution in [3.63, 3.8) is 0 Å². The Hall–Kier alpha value is -2.14. The first-order valence-corrected chi connectivity index (χ1v) is 6.24. The molecule has 2 heterocycles. The van der Waals surface area contributed by atoms with Crippen LogP contribution in [0.2, 0.25) is 0 Å². The molecule has 0 spiro atoms. The number of carboxylic acid groups (broad SMARTS) is 1. The number of hydrogen-bond acceptors (Lipinski definition) is 3. The van der Waals surface area contributed by atoms with Crippen LogP contribution in [-0.2, 0) is 6.42 Å². The Kier molecular flexibility index (Phi) is 2.83. The molecule has 1 aromatic heterocycles. The van der Waals surface area contributed by atoms with Gasteiger partial charge in [-0.2, -0.15) is 0 Å². The maximum Gasteiger partial charge on any atom is 0.335 e. The van der Waals surface area contributed by atoms with E-state index >= 15 is 0 Å². The third-order valence-corrected chi connectivity index (χ3v) is 3.40. The molecular formula is C14H14N2O3. The Morgan fingerprint density at radius 1 is 1.42 bits per heavy atom. The second kappa shape index (κ2) is 4.51. The smallest absolute Gasteiger partial charge is 0.335 e. The van der Waals surface area contributed by atoms with Gasteiger partial charge in [0.15, 0.2) is 0 Å². The van der Waals surface area contributed by atoms with E-state index in [-0.39, 0.29) is 5.56 Å². The van der Waals surface area contributed by atoms with Crippen molar-refractivity contribution < 1.29 is 15.0 Å². The van der Waals surface area contributed by atoms with Crippen LogP contribution in [0.4, 0.5) is 0 Å². The van der Waals surface area contributed by atoms with Crippen LogP contribution in [0.25, 0.3) is 11.3 Å². The van der Waals surface area contributed by atoms with E-state index in [9.17, 15) is 9.90 Å². The largest absolute Gasteiger partial charge is 0.478 e. The number of nitrogens with zero attached hydrogens (tertiary/aromatic N) is 2. The van der Waals surface area contributed by atoms with Gasteiger partial charge in [-0.05, 0) is 25.0 Å². The Bertz CT molecular complexity index is 633. The number of aromatic nitrogens is 2. The summed E-state index contributed by atoms with van der Waals surface area (Å²) in [5.74, 6) is -0.0969. The number of rotatable bonds is 2. The van der Waals surface area contributed by atoms with Gasteiger partial charge in [-0.25, -0.2) is 9.78 Å². The summed E-state index contributed by atoms with van der Waals surface area (Å²) in [6.07, 6.45) is 3.77. The number of benzene rings is 1. The summed E-state index contributed by atoms with van der Waals surface area (Å²) in [5.41, 5.74) is 1.71. The van der Waals surface area contributed by atoms with Crippen LogP contribution in [0.3, 0.4) is 0 Å². The summed E-state index contributed by atoms with van der Waals surface area (Å²) < 4.78 is 1.77. The predicted molar refractivity (Wildman–Crippen MR) is 68.8 cm³/mol. The highest BCUT2D eigenvalue weighted by Gasteiger charge is 2.20. The second-order valence-electron chi connectivity index (χ2n) is 4.71. The summed E-state index contributed by atoms with van der Waals surface area (Å²) in [5, 5.41) is 18.9. The number of fused-ring (bicyclic) bond motifs is 1. The van der Waals surface area contributed by atoms with Crippen LogP contribution in [0.1, 0.15) is 35.3 Å². The summed E-state index contributed by atoms with van der Waals surface area (Å²) >= 11 is 0. The zero-order valence-electron chi connectivity index (χ0n) is 10.3. The fourth-order valence-corrected chi connectivity index (χ4v) is 2.41. The van der Waals surface area contributed by atoms with Gasteiger partial charge in [0, 0.05) is 18.2 Å². The number of aliphatic hydroxyl groups is 1. The molecule has 0 saturated carbocycles. The van der Waals surface area contributed by atoms with Crippen LogP contribution in [-0.4, -0.2) is 25.7 Å². The number of hydrogen-bond donors (Lipinski definition) is 2. The van der Waals surface area contributed by atoms with E-state index in [0.29, 0.717) is 5.69 Å². The van der Waals surface area contributed by atoms with Gasteiger partial charge in [0.25, 0.3) is 0 Å². The fraction of sp³-hybridized carbons (Fsp3) is 0.286. The highest BCUT2D eigenvalue weighted by Crippen LogP contribution is 2.27. The first kappa shape index (κ1) is 11.9. The van der Waals surface area contributed by atoms with Gasteiger partial charge in [-0.3, -0.25) is 0 Å². The van der Waals surface area contributed by atoms with Crippen LogP contribution in [0.15, 0.2) is 30.5 Å². The quantitative estimate of drug-likeness (QED) is 0.864. The number of carbonyl (C=O) groups is 1. The molecule has 0 radical (unpaired) electrons.